The smallest absolute Gasteiger partial charge is 0.207 e. The van der Waals surface area contributed by atoms with Gasteiger partial charge in [-0.3, -0.25) is 4.98 Å². The van der Waals surface area contributed by atoms with Crippen molar-refractivity contribution in [1.82, 2.24) is 14.5 Å². The van der Waals surface area contributed by atoms with E-state index in [2.05, 4.69) is 32.8 Å². The predicted octanol–water partition coefficient (Wildman–Crippen LogP) is 3.13. The van der Waals surface area contributed by atoms with Crippen molar-refractivity contribution in [3.05, 3.63) is 36.4 Å². The molecule has 2 aromatic rings. The second-order valence-corrected chi connectivity index (χ2v) is 4.17. The summed E-state index contributed by atoms with van der Waals surface area (Å²) in [5.74, 6) is 0.880. The van der Waals surface area contributed by atoms with Gasteiger partial charge in [0.05, 0.1) is 11.9 Å². The van der Waals surface area contributed by atoms with Gasteiger partial charge < -0.3 is 9.88 Å². The van der Waals surface area contributed by atoms with Crippen molar-refractivity contribution < 1.29 is 0 Å². The van der Waals surface area contributed by atoms with Gasteiger partial charge in [-0.15, -0.1) is 0 Å². The van der Waals surface area contributed by atoms with Crippen molar-refractivity contribution in [1.29, 1.82) is 0 Å². The van der Waals surface area contributed by atoms with Gasteiger partial charge >= 0.3 is 0 Å². The molecule has 2 heterocycles. The quantitative estimate of drug-likeness (QED) is 0.858. The first-order chi connectivity index (χ1) is 8.29. The van der Waals surface area contributed by atoms with E-state index in [4.69, 9.17) is 0 Å². The van der Waals surface area contributed by atoms with Gasteiger partial charge in [0.1, 0.15) is 0 Å². The van der Waals surface area contributed by atoms with Crippen molar-refractivity contribution in [2.75, 3.05) is 5.32 Å². The molecule has 0 bridgehead atoms. The fourth-order valence-corrected chi connectivity index (χ4v) is 1.69. The van der Waals surface area contributed by atoms with Crippen LogP contribution in [0.4, 0.5) is 11.6 Å². The average molecular weight is 230 g/mol. The lowest BCUT2D eigenvalue weighted by atomic mass is 10.3. The summed E-state index contributed by atoms with van der Waals surface area (Å²) in [5.41, 5.74) is 2.12. The molecule has 0 aliphatic heterocycles. The van der Waals surface area contributed by atoms with Crippen LogP contribution in [0, 0.1) is 6.92 Å². The van der Waals surface area contributed by atoms with Crippen molar-refractivity contribution in [2.45, 2.75) is 33.2 Å². The Hall–Kier alpha value is -1.84. The first-order valence-electron chi connectivity index (χ1n) is 5.99. The fraction of sp³-hybridized carbons (Fsp3) is 0.385. The number of pyridine rings is 1. The van der Waals surface area contributed by atoms with Crippen molar-refractivity contribution in [2.24, 2.45) is 0 Å². The lowest BCUT2D eigenvalue weighted by molar-refractivity contribution is 0.638. The number of hydrogen-bond acceptors (Lipinski definition) is 3. The topological polar surface area (TPSA) is 42.7 Å². The van der Waals surface area contributed by atoms with Gasteiger partial charge in [-0.25, -0.2) is 4.98 Å². The van der Waals surface area contributed by atoms with Crippen molar-refractivity contribution in [3.63, 3.8) is 0 Å². The molecule has 90 valence electrons. The van der Waals surface area contributed by atoms with E-state index in [1.165, 1.54) is 6.42 Å². The van der Waals surface area contributed by atoms with Crippen LogP contribution >= 0.6 is 0 Å². The van der Waals surface area contributed by atoms with E-state index in [0.717, 1.165) is 30.2 Å². The largest absolute Gasteiger partial charge is 0.324 e. The molecule has 0 radical (unpaired) electrons. The summed E-state index contributed by atoms with van der Waals surface area (Å²) < 4.78 is 2.13. The van der Waals surface area contributed by atoms with Crippen LogP contribution in [0.15, 0.2) is 30.9 Å². The third-order valence-electron chi connectivity index (χ3n) is 2.60. The number of nitrogens with zero attached hydrogens (tertiary/aromatic N) is 3. The zero-order chi connectivity index (χ0) is 12.1. The number of unbranched alkanes of at least 4 members (excludes halogenated alkanes) is 1. The van der Waals surface area contributed by atoms with Crippen LogP contribution < -0.4 is 5.32 Å². The van der Waals surface area contributed by atoms with Gasteiger partial charge in [0.2, 0.25) is 5.95 Å². The molecule has 0 aliphatic rings. The molecule has 2 rings (SSSR count). The second kappa shape index (κ2) is 5.48. The van der Waals surface area contributed by atoms with Gasteiger partial charge in [0.25, 0.3) is 0 Å². The minimum Gasteiger partial charge on any atom is -0.324 e. The van der Waals surface area contributed by atoms with Crippen LogP contribution in [0.5, 0.6) is 0 Å². The Morgan fingerprint density at radius 1 is 1.35 bits per heavy atom. The van der Waals surface area contributed by atoms with E-state index in [-0.39, 0.29) is 0 Å². The molecular formula is C13H18N4. The van der Waals surface area contributed by atoms with Crippen LogP contribution in [0.1, 0.15) is 25.3 Å². The zero-order valence-corrected chi connectivity index (χ0v) is 10.3. The normalized spacial score (nSPS) is 10.5. The first kappa shape index (κ1) is 11.6. The molecule has 0 aromatic carbocycles. The maximum Gasteiger partial charge on any atom is 0.207 e. The molecule has 0 saturated carbocycles. The Kier molecular flexibility index (Phi) is 3.75. The number of nitrogens with one attached hydrogen (secondary N) is 1. The zero-order valence-electron chi connectivity index (χ0n) is 10.3. The van der Waals surface area contributed by atoms with E-state index >= 15 is 0 Å². The molecule has 0 fully saturated rings. The van der Waals surface area contributed by atoms with E-state index in [0.29, 0.717) is 0 Å². The van der Waals surface area contributed by atoms with Crippen molar-refractivity contribution >= 4 is 11.6 Å². The molecule has 0 unspecified atom stereocenters. The minimum atomic E-state index is 0.880. The van der Waals surface area contributed by atoms with Gasteiger partial charge in [-0.05, 0) is 25.0 Å². The second-order valence-electron chi connectivity index (χ2n) is 4.17. The standard InChI is InChI=1S/C13H18N4/c1-3-4-6-17-7-5-15-13(17)16-12-8-11(2)9-14-10-12/h5,7-10H,3-4,6H2,1-2H3,(H,15,16). The van der Waals surface area contributed by atoms with Crippen LogP contribution in [-0.4, -0.2) is 14.5 Å². The first-order valence-corrected chi connectivity index (χ1v) is 5.99. The molecule has 2 aromatic heterocycles. The summed E-state index contributed by atoms with van der Waals surface area (Å²) >= 11 is 0. The fourth-order valence-electron chi connectivity index (χ4n) is 1.69. The summed E-state index contributed by atoms with van der Waals surface area (Å²) in [7, 11) is 0. The van der Waals surface area contributed by atoms with E-state index in [1.807, 2.05) is 31.7 Å². The third kappa shape index (κ3) is 3.06. The number of anilines is 2. The maximum atomic E-state index is 4.32. The number of imidazole rings is 1. The molecule has 4 nitrogen and oxygen atoms in total. The number of hydrogen-bond donors (Lipinski definition) is 1. The van der Waals surface area contributed by atoms with Gasteiger partial charge in [0, 0.05) is 25.1 Å². The van der Waals surface area contributed by atoms with Gasteiger partial charge in [0.15, 0.2) is 0 Å². The molecule has 0 spiro atoms. The Morgan fingerprint density at radius 2 is 2.24 bits per heavy atom. The van der Waals surface area contributed by atoms with E-state index in [1.54, 1.807) is 0 Å². The molecule has 17 heavy (non-hydrogen) atoms. The summed E-state index contributed by atoms with van der Waals surface area (Å²) in [6.45, 7) is 5.22. The summed E-state index contributed by atoms with van der Waals surface area (Å²) in [6, 6.07) is 2.06. The highest BCUT2D eigenvalue weighted by Gasteiger charge is 2.02. The predicted molar refractivity (Wildman–Crippen MR) is 69.4 cm³/mol. The molecule has 0 atom stereocenters. The lowest BCUT2D eigenvalue weighted by Crippen LogP contribution is -2.03. The maximum absolute atomic E-state index is 4.32. The minimum absolute atomic E-state index is 0.880. The van der Waals surface area contributed by atoms with Crippen LogP contribution in [0.2, 0.25) is 0 Å². The lowest BCUT2D eigenvalue weighted by Gasteiger charge is -2.09. The number of rotatable bonds is 5. The van der Waals surface area contributed by atoms with Gasteiger partial charge in [-0.1, -0.05) is 13.3 Å². The summed E-state index contributed by atoms with van der Waals surface area (Å²) in [4.78, 5) is 8.48. The highest BCUT2D eigenvalue weighted by atomic mass is 15.2. The van der Waals surface area contributed by atoms with Crippen LogP contribution in [0.3, 0.4) is 0 Å². The molecule has 0 aliphatic carbocycles. The molecule has 0 saturated heterocycles. The highest BCUT2D eigenvalue weighted by molar-refractivity contribution is 5.52. The van der Waals surface area contributed by atoms with E-state index in [9.17, 15) is 0 Å². The summed E-state index contributed by atoms with van der Waals surface area (Å²) in [5, 5.41) is 3.29. The molecular weight excluding hydrogens is 212 g/mol. The van der Waals surface area contributed by atoms with Gasteiger partial charge in [-0.2, -0.15) is 0 Å². The van der Waals surface area contributed by atoms with E-state index < -0.39 is 0 Å². The SMILES string of the molecule is CCCCn1ccnc1Nc1cncc(C)c1. The Bertz CT molecular complexity index is 476. The Balaban J connectivity index is 2.10. The monoisotopic (exact) mass is 230 g/mol. The highest BCUT2D eigenvalue weighted by Crippen LogP contribution is 2.15. The number of aryl methyl sites for hydroxylation is 2. The summed E-state index contributed by atoms with van der Waals surface area (Å²) in [6.07, 6.45) is 9.82. The average Bonchev–Trinajstić information content (AvgIpc) is 2.74. The molecule has 0 amide bonds. The van der Waals surface area contributed by atoms with Crippen LogP contribution in [-0.2, 0) is 6.54 Å². The number of aromatic nitrogens is 3. The Labute approximate surface area is 102 Å². The van der Waals surface area contributed by atoms with Crippen LogP contribution in [0.25, 0.3) is 0 Å². The molecule has 4 heteroatoms. The Morgan fingerprint density at radius 3 is 3.00 bits per heavy atom. The third-order valence-corrected chi connectivity index (χ3v) is 2.60. The molecule has 1 N–H and O–H groups in total. The van der Waals surface area contributed by atoms with Crippen molar-refractivity contribution in [3.8, 4) is 0 Å².